The Hall–Kier alpha value is -2.01. The second kappa shape index (κ2) is 8.20. The fraction of sp³-hybridized carbons (Fsp3) is 0.368. The molecule has 0 bridgehead atoms. The van der Waals surface area contributed by atoms with Crippen molar-refractivity contribution in [2.45, 2.75) is 37.5 Å². The van der Waals surface area contributed by atoms with Gasteiger partial charge in [-0.05, 0) is 54.8 Å². The van der Waals surface area contributed by atoms with Crippen molar-refractivity contribution in [1.82, 2.24) is 0 Å². The van der Waals surface area contributed by atoms with E-state index >= 15 is 0 Å². The van der Waals surface area contributed by atoms with E-state index in [4.69, 9.17) is 0 Å². The molecule has 0 aliphatic heterocycles. The predicted molar refractivity (Wildman–Crippen MR) is 101 cm³/mol. The lowest BCUT2D eigenvalue weighted by molar-refractivity contribution is 0.601. The first kappa shape index (κ1) is 18.3. The Bertz CT molecular complexity index is 736. The number of rotatable bonds is 8. The van der Waals surface area contributed by atoms with Gasteiger partial charge in [-0.1, -0.05) is 31.9 Å². The number of nitrogens with one attached hydrogen (secondary N) is 1. The molecule has 4 nitrogen and oxygen atoms in total. The van der Waals surface area contributed by atoms with Gasteiger partial charge >= 0.3 is 0 Å². The summed E-state index contributed by atoms with van der Waals surface area (Å²) >= 11 is 0. The molecule has 0 saturated heterocycles. The van der Waals surface area contributed by atoms with Crippen LogP contribution in [0.25, 0.3) is 0 Å². The zero-order chi connectivity index (χ0) is 17.6. The van der Waals surface area contributed by atoms with Crippen LogP contribution in [0.15, 0.2) is 53.4 Å². The number of benzene rings is 2. The molecule has 0 radical (unpaired) electrons. The van der Waals surface area contributed by atoms with Gasteiger partial charge in [0, 0.05) is 25.5 Å². The van der Waals surface area contributed by atoms with Gasteiger partial charge in [0.1, 0.15) is 0 Å². The van der Waals surface area contributed by atoms with Crippen molar-refractivity contribution < 1.29 is 8.42 Å². The largest absolute Gasteiger partial charge is 0.378 e. The molecule has 0 atom stereocenters. The summed E-state index contributed by atoms with van der Waals surface area (Å²) in [5.74, 6) is 0. The Morgan fingerprint density at radius 2 is 1.54 bits per heavy atom. The molecule has 0 heterocycles. The highest BCUT2D eigenvalue weighted by atomic mass is 32.2. The van der Waals surface area contributed by atoms with Crippen LogP contribution in [0.3, 0.4) is 0 Å². The van der Waals surface area contributed by atoms with Crippen LogP contribution >= 0.6 is 0 Å². The third kappa shape index (κ3) is 4.99. The molecule has 24 heavy (non-hydrogen) atoms. The van der Waals surface area contributed by atoms with Crippen molar-refractivity contribution in [2.24, 2.45) is 0 Å². The van der Waals surface area contributed by atoms with Crippen molar-refractivity contribution in [3.05, 3.63) is 54.1 Å². The number of hydrogen-bond donors (Lipinski definition) is 1. The van der Waals surface area contributed by atoms with Gasteiger partial charge < -0.3 is 4.90 Å². The summed E-state index contributed by atoms with van der Waals surface area (Å²) in [6.07, 6.45) is 4.51. The molecule has 1 N–H and O–H groups in total. The summed E-state index contributed by atoms with van der Waals surface area (Å²) in [7, 11) is 0.339. The van der Waals surface area contributed by atoms with E-state index in [1.807, 2.05) is 43.3 Å². The minimum absolute atomic E-state index is 0.290. The van der Waals surface area contributed by atoms with Crippen molar-refractivity contribution >= 4 is 21.4 Å². The van der Waals surface area contributed by atoms with Gasteiger partial charge in [0.05, 0.1) is 4.90 Å². The second-order valence-corrected chi connectivity index (χ2v) is 7.83. The Labute approximate surface area is 145 Å². The van der Waals surface area contributed by atoms with Crippen LogP contribution in [0.1, 0.15) is 31.7 Å². The number of nitrogens with zero attached hydrogens (tertiary/aromatic N) is 1. The van der Waals surface area contributed by atoms with Crippen LogP contribution in [0.4, 0.5) is 11.4 Å². The third-order valence-corrected chi connectivity index (χ3v) is 5.34. The Morgan fingerprint density at radius 1 is 0.917 bits per heavy atom. The average molecular weight is 346 g/mol. The summed E-state index contributed by atoms with van der Waals surface area (Å²) in [5.41, 5.74) is 2.76. The van der Waals surface area contributed by atoms with Crippen LogP contribution < -0.4 is 9.62 Å². The Morgan fingerprint density at radius 3 is 2.08 bits per heavy atom. The standard InChI is InChI=1S/C19H26N2O2S/c1-4-5-6-7-16-8-14-19(15-9-16)24(22,23)20-17-10-12-18(13-11-17)21(2)3/h8-15,20H,4-7H2,1-3H3. The normalized spacial score (nSPS) is 11.3. The smallest absolute Gasteiger partial charge is 0.261 e. The van der Waals surface area contributed by atoms with Crippen LogP contribution in [0.2, 0.25) is 0 Å². The maximum atomic E-state index is 12.5. The van der Waals surface area contributed by atoms with E-state index in [0.29, 0.717) is 10.6 Å². The van der Waals surface area contributed by atoms with Gasteiger partial charge in [-0.2, -0.15) is 0 Å². The quantitative estimate of drug-likeness (QED) is 0.726. The van der Waals surface area contributed by atoms with Crippen molar-refractivity contribution in [3.8, 4) is 0 Å². The maximum absolute atomic E-state index is 12.5. The molecule has 0 saturated carbocycles. The molecule has 2 aromatic rings. The number of anilines is 2. The van der Waals surface area contributed by atoms with E-state index in [2.05, 4.69) is 11.6 Å². The SMILES string of the molecule is CCCCCc1ccc(S(=O)(=O)Nc2ccc(N(C)C)cc2)cc1. The molecule has 0 amide bonds. The van der Waals surface area contributed by atoms with Crippen LogP contribution in [-0.4, -0.2) is 22.5 Å². The molecule has 0 aromatic heterocycles. The van der Waals surface area contributed by atoms with Gasteiger partial charge in [-0.25, -0.2) is 8.42 Å². The number of unbranched alkanes of at least 4 members (excludes halogenated alkanes) is 2. The highest BCUT2D eigenvalue weighted by molar-refractivity contribution is 7.92. The number of sulfonamides is 1. The van der Waals surface area contributed by atoms with E-state index in [-0.39, 0.29) is 0 Å². The van der Waals surface area contributed by atoms with Crippen LogP contribution in [-0.2, 0) is 16.4 Å². The molecule has 0 fully saturated rings. The lowest BCUT2D eigenvalue weighted by Gasteiger charge is -2.13. The minimum Gasteiger partial charge on any atom is -0.378 e. The van der Waals surface area contributed by atoms with Crippen molar-refractivity contribution in [3.63, 3.8) is 0 Å². The van der Waals surface area contributed by atoms with E-state index < -0.39 is 10.0 Å². The predicted octanol–water partition coefficient (Wildman–Crippen LogP) is 4.29. The Kier molecular flexibility index (Phi) is 6.26. The number of hydrogen-bond acceptors (Lipinski definition) is 3. The van der Waals surface area contributed by atoms with E-state index in [1.165, 1.54) is 18.4 Å². The molecule has 2 rings (SSSR count). The molecular formula is C19H26N2O2S. The van der Waals surface area contributed by atoms with Gasteiger partial charge in [-0.3, -0.25) is 4.72 Å². The highest BCUT2D eigenvalue weighted by Crippen LogP contribution is 2.20. The zero-order valence-electron chi connectivity index (χ0n) is 14.6. The minimum atomic E-state index is -3.55. The number of aryl methyl sites for hydroxylation is 1. The van der Waals surface area contributed by atoms with Gasteiger partial charge in [0.25, 0.3) is 10.0 Å². The molecule has 5 heteroatoms. The van der Waals surface area contributed by atoms with Gasteiger partial charge in [0.2, 0.25) is 0 Å². The van der Waals surface area contributed by atoms with Crippen LogP contribution in [0.5, 0.6) is 0 Å². The second-order valence-electron chi connectivity index (χ2n) is 6.15. The van der Waals surface area contributed by atoms with E-state index in [0.717, 1.165) is 18.5 Å². The fourth-order valence-corrected chi connectivity index (χ4v) is 3.51. The summed E-state index contributed by atoms with van der Waals surface area (Å²) in [4.78, 5) is 2.26. The first-order valence-corrected chi connectivity index (χ1v) is 9.80. The lowest BCUT2D eigenvalue weighted by atomic mass is 10.1. The molecule has 0 unspecified atom stereocenters. The summed E-state index contributed by atoms with van der Waals surface area (Å²) < 4.78 is 27.6. The van der Waals surface area contributed by atoms with Crippen molar-refractivity contribution in [2.75, 3.05) is 23.7 Å². The third-order valence-electron chi connectivity index (χ3n) is 3.94. The summed E-state index contributed by atoms with van der Waals surface area (Å²) in [5, 5.41) is 0. The first-order valence-electron chi connectivity index (χ1n) is 8.31. The lowest BCUT2D eigenvalue weighted by Crippen LogP contribution is -2.13. The van der Waals surface area contributed by atoms with Crippen LogP contribution in [0, 0.1) is 0 Å². The summed E-state index contributed by atoms with van der Waals surface area (Å²) in [6.45, 7) is 2.17. The van der Waals surface area contributed by atoms with E-state index in [9.17, 15) is 8.42 Å². The first-order chi connectivity index (χ1) is 11.4. The monoisotopic (exact) mass is 346 g/mol. The molecule has 0 spiro atoms. The Balaban J connectivity index is 2.06. The molecule has 2 aromatic carbocycles. The van der Waals surface area contributed by atoms with Crippen molar-refractivity contribution in [1.29, 1.82) is 0 Å². The molecule has 0 aliphatic rings. The maximum Gasteiger partial charge on any atom is 0.261 e. The average Bonchev–Trinajstić information content (AvgIpc) is 2.56. The molecular weight excluding hydrogens is 320 g/mol. The highest BCUT2D eigenvalue weighted by Gasteiger charge is 2.14. The topological polar surface area (TPSA) is 49.4 Å². The van der Waals surface area contributed by atoms with E-state index in [1.54, 1.807) is 24.3 Å². The molecule has 130 valence electrons. The molecule has 0 aliphatic carbocycles. The summed E-state index contributed by atoms with van der Waals surface area (Å²) in [6, 6.07) is 14.5. The zero-order valence-corrected chi connectivity index (χ0v) is 15.4. The van der Waals surface area contributed by atoms with Gasteiger partial charge in [0.15, 0.2) is 0 Å². The van der Waals surface area contributed by atoms with Gasteiger partial charge in [-0.15, -0.1) is 0 Å². The fourth-order valence-electron chi connectivity index (χ4n) is 2.46.